The van der Waals surface area contributed by atoms with Gasteiger partial charge in [0.1, 0.15) is 12.2 Å². The average Bonchev–Trinajstić information content (AvgIpc) is 3.17. The van der Waals surface area contributed by atoms with Crippen LogP contribution in [0.2, 0.25) is 0 Å². The second-order valence-corrected chi connectivity index (χ2v) is 6.07. The van der Waals surface area contributed by atoms with Crippen molar-refractivity contribution >= 4 is 0 Å². The fourth-order valence-corrected chi connectivity index (χ4v) is 1.60. The third kappa shape index (κ3) is 5.75. The second kappa shape index (κ2) is 6.99. The van der Waals surface area contributed by atoms with Gasteiger partial charge in [0.25, 0.3) is 0 Å². The van der Waals surface area contributed by atoms with Gasteiger partial charge in [-0.05, 0) is 11.8 Å². The zero-order chi connectivity index (χ0) is 13.8. The molecular weight excluding hydrogens is 248 g/mol. The van der Waals surface area contributed by atoms with Crippen molar-refractivity contribution in [3.8, 4) is 0 Å². The molecule has 0 N–H and O–H groups in total. The van der Waals surface area contributed by atoms with Crippen LogP contribution in [0.15, 0.2) is 0 Å². The molecular formula is C14H26O5. The first kappa shape index (κ1) is 15.2. The predicted octanol–water partition coefficient (Wildman–Crippen LogP) is 1.80. The molecule has 2 aliphatic rings. The van der Waals surface area contributed by atoms with Gasteiger partial charge in [-0.1, -0.05) is 27.7 Å². The molecule has 0 bridgehead atoms. The number of epoxide rings is 2. The number of hydrogen-bond acceptors (Lipinski definition) is 5. The Labute approximate surface area is 115 Å². The first-order valence-corrected chi connectivity index (χ1v) is 7.18. The molecule has 5 nitrogen and oxygen atoms in total. The predicted molar refractivity (Wildman–Crippen MR) is 69.7 cm³/mol. The molecule has 0 aromatic rings. The van der Waals surface area contributed by atoms with E-state index in [9.17, 15) is 0 Å². The number of rotatable bonds is 10. The van der Waals surface area contributed by atoms with Crippen LogP contribution < -0.4 is 0 Å². The Kier molecular flexibility index (Phi) is 5.59. The van der Waals surface area contributed by atoms with Crippen LogP contribution in [0.3, 0.4) is 0 Å². The van der Waals surface area contributed by atoms with Gasteiger partial charge >= 0.3 is 0 Å². The topological polar surface area (TPSA) is 52.8 Å². The van der Waals surface area contributed by atoms with E-state index in [-0.39, 0.29) is 24.8 Å². The zero-order valence-electron chi connectivity index (χ0n) is 12.3. The molecule has 2 rings (SSSR count). The van der Waals surface area contributed by atoms with Gasteiger partial charge < -0.3 is 23.7 Å². The van der Waals surface area contributed by atoms with Gasteiger partial charge in [-0.3, -0.25) is 0 Å². The van der Waals surface area contributed by atoms with Gasteiger partial charge in [0.05, 0.1) is 26.4 Å². The van der Waals surface area contributed by atoms with Gasteiger partial charge in [0.15, 0.2) is 12.6 Å². The molecule has 0 radical (unpaired) electrons. The van der Waals surface area contributed by atoms with Crippen LogP contribution in [0.25, 0.3) is 0 Å². The first-order chi connectivity index (χ1) is 9.06. The molecule has 2 heterocycles. The van der Waals surface area contributed by atoms with Gasteiger partial charge in [0, 0.05) is 0 Å². The van der Waals surface area contributed by atoms with Crippen molar-refractivity contribution in [2.24, 2.45) is 11.8 Å². The molecule has 5 heteroatoms. The van der Waals surface area contributed by atoms with E-state index in [2.05, 4.69) is 27.7 Å². The Morgan fingerprint density at radius 2 is 1.21 bits per heavy atom. The minimum atomic E-state index is -0.344. The van der Waals surface area contributed by atoms with Gasteiger partial charge in [-0.15, -0.1) is 0 Å². The summed E-state index contributed by atoms with van der Waals surface area (Å²) < 4.78 is 28.0. The highest BCUT2D eigenvalue weighted by Gasteiger charge is 2.42. The molecule has 0 aliphatic carbocycles. The van der Waals surface area contributed by atoms with E-state index >= 15 is 0 Å². The molecule has 4 atom stereocenters. The highest BCUT2D eigenvalue weighted by Crippen LogP contribution is 2.26. The van der Waals surface area contributed by atoms with Crippen LogP contribution in [-0.2, 0) is 23.7 Å². The number of hydrogen-bond donors (Lipinski definition) is 0. The van der Waals surface area contributed by atoms with E-state index in [0.717, 1.165) is 0 Å². The summed E-state index contributed by atoms with van der Waals surface area (Å²) in [6, 6.07) is 0. The van der Waals surface area contributed by atoms with Crippen molar-refractivity contribution in [1.82, 2.24) is 0 Å². The van der Waals surface area contributed by atoms with E-state index < -0.39 is 0 Å². The molecule has 0 amide bonds. The lowest BCUT2D eigenvalue weighted by Gasteiger charge is -2.24. The standard InChI is InChI=1S/C14H26O5/c1-9(2)5-17-13(11-7-15-11)19-14(12-8-16-12)18-6-10(3)4/h9-14H,5-8H2,1-4H3. The van der Waals surface area contributed by atoms with Gasteiger partial charge in [-0.25, -0.2) is 0 Å². The molecule has 2 saturated heterocycles. The molecule has 0 spiro atoms. The lowest BCUT2D eigenvalue weighted by molar-refractivity contribution is -0.260. The van der Waals surface area contributed by atoms with E-state index in [0.29, 0.717) is 38.3 Å². The van der Waals surface area contributed by atoms with E-state index in [1.54, 1.807) is 0 Å². The molecule has 19 heavy (non-hydrogen) atoms. The minimum Gasteiger partial charge on any atom is -0.368 e. The Balaban J connectivity index is 1.78. The van der Waals surface area contributed by atoms with Crippen LogP contribution in [0.4, 0.5) is 0 Å². The smallest absolute Gasteiger partial charge is 0.189 e. The maximum atomic E-state index is 5.90. The summed E-state index contributed by atoms with van der Waals surface area (Å²) in [5, 5.41) is 0. The summed E-state index contributed by atoms with van der Waals surface area (Å²) in [6.07, 6.45) is -0.599. The van der Waals surface area contributed by atoms with Crippen LogP contribution in [0, 0.1) is 11.8 Å². The van der Waals surface area contributed by atoms with Gasteiger partial charge in [-0.2, -0.15) is 0 Å². The fraction of sp³-hybridized carbons (Fsp3) is 1.00. The van der Waals surface area contributed by atoms with E-state index in [4.69, 9.17) is 23.7 Å². The maximum Gasteiger partial charge on any atom is 0.189 e. The lowest BCUT2D eigenvalue weighted by atomic mass is 10.2. The monoisotopic (exact) mass is 274 g/mol. The van der Waals surface area contributed by atoms with Crippen LogP contribution in [0.5, 0.6) is 0 Å². The molecule has 112 valence electrons. The quantitative estimate of drug-likeness (QED) is 0.449. The SMILES string of the molecule is CC(C)COC(OC(OCC(C)C)C1CO1)C1CO1. The summed E-state index contributed by atoms with van der Waals surface area (Å²) in [5.74, 6) is 0.939. The summed E-state index contributed by atoms with van der Waals surface area (Å²) in [7, 11) is 0. The highest BCUT2D eigenvalue weighted by atomic mass is 16.8. The second-order valence-electron chi connectivity index (χ2n) is 6.07. The van der Waals surface area contributed by atoms with Crippen molar-refractivity contribution < 1.29 is 23.7 Å². The van der Waals surface area contributed by atoms with E-state index in [1.807, 2.05) is 0 Å². The summed E-state index contributed by atoms with van der Waals surface area (Å²) in [6.45, 7) is 11.2. The van der Waals surface area contributed by atoms with Crippen molar-refractivity contribution in [2.45, 2.75) is 52.5 Å². The normalized spacial score (nSPS) is 28.7. The Bertz CT molecular complexity index is 235. The van der Waals surface area contributed by atoms with Crippen LogP contribution in [-0.4, -0.2) is 51.2 Å². The first-order valence-electron chi connectivity index (χ1n) is 7.18. The molecule has 0 aromatic carbocycles. The van der Waals surface area contributed by atoms with E-state index in [1.165, 1.54) is 0 Å². The summed E-state index contributed by atoms with van der Waals surface area (Å²) in [4.78, 5) is 0. The molecule has 0 aromatic heterocycles. The highest BCUT2D eigenvalue weighted by molar-refractivity contribution is 4.79. The third-order valence-electron chi connectivity index (χ3n) is 2.78. The summed E-state index contributed by atoms with van der Waals surface area (Å²) in [5.41, 5.74) is 0. The molecule has 2 aliphatic heterocycles. The third-order valence-corrected chi connectivity index (χ3v) is 2.78. The average molecular weight is 274 g/mol. The molecule has 0 saturated carbocycles. The summed E-state index contributed by atoms with van der Waals surface area (Å²) >= 11 is 0. The molecule has 4 unspecified atom stereocenters. The Morgan fingerprint density at radius 3 is 1.47 bits per heavy atom. The lowest BCUT2D eigenvalue weighted by Crippen LogP contribution is -2.35. The number of ether oxygens (including phenoxy) is 5. The minimum absolute atomic E-state index is 0.0441. The Hall–Kier alpha value is -0.200. The van der Waals surface area contributed by atoms with Crippen LogP contribution in [0.1, 0.15) is 27.7 Å². The van der Waals surface area contributed by atoms with Crippen molar-refractivity contribution in [1.29, 1.82) is 0 Å². The van der Waals surface area contributed by atoms with Crippen molar-refractivity contribution in [3.63, 3.8) is 0 Å². The molecule has 2 fully saturated rings. The zero-order valence-corrected chi connectivity index (χ0v) is 12.3. The largest absolute Gasteiger partial charge is 0.368 e. The maximum absolute atomic E-state index is 5.90. The van der Waals surface area contributed by atoms with Crippen LogP contribution >= 0.6 is 0 Å². The van der Waals surface area contributed by atoms with Gasteiger partial charge in [0.2, 0.25) is 0 Å². The fourth-order valence-electron chi connectivity index (χ4n) is 1.60. The Morgan fingerprint density at radius 1 is 0.842 bits per heavy atom. The van der Waals surface area contributed by atoms with Crippen molar-refractivity contribution in [3.05, 3.63) is 0 Å². The van der Waals surface area contributed by atoms with Crippen molar-refractivity contribution in [2.75, 3.05) is 26.4 Å².